The summed E-state index contributed by atoms with van der Waals surface area (Å²) in [5.41, 5.74) is 1.19. The third-order valence-corrected chi connectivity index (χ3v) is 4.50. The standard InChI is InChI=1S/C18H17BrN2O4/c1-24-13-7-8-14(16(9-13)25-2)20-15-10-17(22)21(18(15)23)12-5-3-11(19)4-6-12/h3-9,15,20H,10H2,1-2H3. The van der Waals surface area contributed by atoms with Crippen molar-refractivity contribution < 1.29 is 19.1 Å². The van der Waals surface area contributed by atoms with Crippen LogP contribution < -0.4 is 19.7 Å². The molecule has 0 saturated carbocycles. The van der Waals surface area contributed by atoms with Crippen LogP contribution in [0.4, 0.5) is 11.4 Å². The molecule has 130 valence electrons. The second-order valence-electron chi connectivity index (χ2n) is 5.51. The van der Waals surface area contributed by atoms with E-state index >= 15 is 0 Å². The van der Waals surface area contributed by atoms with E-state index in [0.29, 0.717) is 22.9 Å². The van der Waals surface area contributed by atoms with Gasteiger partial charge in [-0.2, -0.15) is 0 Å². The Morgan fingerprint density at radius 1 is 1.08 bits per heavy atom. The molecule has 0 aliphatic carbocycles. The quantitative estimate of drug-likeness (QED) is 0.774. The number of carbonyl (C=O) groups excluding carboxylic acids is 2. The molecular weight excluding hydrogens is 388 g/mol. The molecule has 0 bridgehead atoms. The van der Waals surface area contributed by atoms with Crippen molar-refractivity contribution in [3.05, 3.63) is 46.9 Å². The van der Waals surface area contributed by atoms with E-state index in [0.717, 1.165) is 4.47 Å². The molecule has 1 fully saturated rings. The second-order valence-corrected chi connectivity index (χ2v) is 6.43. The molecule has 0 radical (unpaired) electrons. The predicted molar refractivity (Wildman–Crippen MR) is 98.2 cm³/mol. The minimum absolute atomic E-state index is 0.0874. The second kappa shape index (κ2) is 7.14. The molecule has 1 aliphatic heterocycles. The summed E-state index contributed by atoms with van der Waals surface area (Å²) < 4.78 is 11.4. The zero-order valence-electron chi connectivity index (χ0n) is 13.8. The van der Waals surface area contributed by atoms with Crippen LogP contribution in [0.2, 0.25) is 0 Å². The topological polar surface area (TPSA) is 67.9 Å². The third-order valence-electron chi connectivity index (χ3n) is 3.97. The van der Waals surface area contributed by atoms with Crippen molar-refractivity contribution in [1.82, 2.24) is 0 Å². The highest BCUT2D eigenvalue weighted by Crippen LogP contribution is 2.32. The first-order chi connectivity index (χ1) is 12.0. The molecule has 6 nitrogen and oxygen atoms in total. The molecule has 7 heteroatoms. The number of nitrogens with one attached hydrogen (secondary N) is 1. The van der Waals surface area contributed by atoms with E-state index in [4.69, 9.17) is 9.47 Å². The van der Waals surface area contributed by atoms with E-state index in [1.165, 1.54) is 12.0 Å². The van der Waals surface area contributed by atoms with E-state index in [1.54, 1.807) is 49.6 Å². The van der Waals surface area contributed by atoms with Crippen LogP contribution in [0.3, 0.4) is 0 Å². The van der Waals surface area contributed by atoms with Gasteiger partial charge >= 0.3 is 0 Å². The van der Waals surface area contributed by atoms with Gasteiger partial charge in [0.15, 0.2) is 0 Å². The predicted octanol–water partition coefficient (Wildman–Crippen LogP) is 3.21. The van der Waals surface area contributed by atoms with Crippen molar-refractivity contribution in [3.8, 4) is 11.5 Å². The van der Waals surface area contributed by atoms with Crippen molar-refractivity contribution in [3.63, 3.8) is 0 Å². The molecule has 3 rings (SSSR count). The van der Waals surface area contributed by atoms with Gasteiger partial charge in [0.1, 0.15) is 17.5 Å². The Morgan fingerprint density at radius 3 is 2.44 bits per heavy atom. The Hall–Kier alpha value is -2.54. The van der Waals surface area contributed by atoms with Gasteiger partial charge in [-0.3, -0.25) is 9.59 Å². The number of nitrogens with zero attached hydrogens (tertiary/aromatic N) is 1. The van der Waals surface area contributed by atoms with E-state index in [9.17, 15) is 9.59 Å². The summed E-state index contributed by atoms with van der Waals surface area (Å²) in [6, 6.07) is 11.7. The smallest absolute Gasteiger partial charge is 0.256 e. The number of methoxy groups -OCH3 is 2. The maximum absolute atomic E-state index is 12.7. The number of amides is 2. The maximum atomic E-state index is 12.7. The average molecular weight is 405 g/mol. The number of anilines is 2. The monoisotopic (exact) mass is 404 g/mol. The average Bonchev–Trinajstić information content (AvgIpc) is 2.90. The number of imide groups is 1. The number of ether oxygens (including phenoxy) is 2. The van der Waals surface area contributed by atoms with Gasteiger partial charge < -0.3 is 14.8 Å². The molecule has 1 aliphatic rings. The largest absolute Gasteiger partial charge is 0.497 e. The fourth-order valence-corrected chi connectivity index (χ4v) is 2.98. The number of carbonyl (C=O) groups is 2. The molecular formula is C18H17BrN2O4. The first-order valence-corrected chi connectivity index (χ1v) is 8.43. The van der Waals surface area contributed by atoms with Crippen LogP contribution in [0.1, 0.15) is 6.42 Å². The van der Waals surface area contributed by atoms with Gasteiger partial charge in [0.25, 0.3) is 5.91 Å². The minimum Gasteiger partial charge on any atom is -0.497 e. The van der Waals surface area contributed by atoms with Gasteiger partial charge in [0.05, 0.1) is 32.0 Å². The highest BCUT2D eigenvalue weighted by Gasteiger charge is 2.39. The van der Waals surface area contributed by atoms with Crippen molar-refractivity contribution >= 4 is 39.1 Å². The lowest BCUT2D eigenvalue weighted by atomic mass is 10.2. The van der Waals surface area contributed by atoms with Gasteiger partial charge in [-0.15, -0.1) is 0 Å². The first kappa shape index (κ1) is 17.3. The normalized spacial score (nSPS) is 16.9. The molecule has 0 spiro atoms. The van der Waals surface area contributed by atoms with Gasteiger partial charge in [0.2, 0.25) is 5.91 Å². The van der Waals surface area contributed by atoms with E-state index in [1.807, 2.05) is 0 Å². The summed E-state index contributed by atoms with van der Waals surface area (Å²) in [5.74, 6) is 0.664. The molecule has 25 heavy (non-hydrogen) atoms. The third kappa shape index (κ3) is 3.46. The number of rotatable bonds is 5. The van der Waals surface area contributed by atoms with Crippen LogP contribution >= 0.6 is 15.9 Å². The number of hydrogen-bond acceptors (Lipinski definition) is 5. The van der Waals surface area contributed by atoms with E-state index in [-0.39, 0.29) is 18.2 Å². The Bertz CT molecular complexity index is 807. The first-order valence-electron chi connectivity index (χ1n) is 7.64. The number of benzene rings is 2. The lowest BCUT2D eigenvalue weighted by Gasteiger charge is -2.17. The highest BCUT2D eigenvalue weighted by atomic mass is 79.9. The van der Waals surface area contributed by atoms with Gasteiger partial charge in [0, 0.05) is 10.5 Å². The van der Waals surface area contributed by atoms with Crippen LogP contribution in [0.25, 0.3) is 0 Å². The molecule has 2 aromatic rings. The minimum atomic E-state index is -0.640. The molecule has 1 saturated heterocycles. The van der Waals surface area contributed by atoms with Crippen LogP contribution in [-0.2, 0) is 9.59 Å². The fourth-order valence-electron chi connectivity index (χ4n) is 2.71. The van der Waals surface area contributed by atoms with Crippen LogP contribution in [-0.4, -0.2) is 32.1 Å². The summed E-state index contributed by atoms with van der Waals surface area (Å²) in [5, 5.41) is 3.10. The zero-order valence-corrected chi connectivity index (χ0v) is 15.4. The fraction of sp³-hybridized carbons (Fsp3) is 0.222. The van der Waals surface area contributed by atoms with Gasteiger partial charge in [-0.25, -0.2) is 4.90 Å². The number of hydrogen-bond donors (Lipinski definition) is 1. The zero-order chi connectivity index (χ0) is 18.0. The van der Waals surface area contributed by atoms with Crippen LogP contribution in [0.5, 0.6) is 11.5 Å². The van der Waals surface area contributed by atoms with Crippen molar-refractivity contribution in [2.45, 2.75) is 12.5 Å². The summed E-state index contributed by atoms with van der Waals surface area (Å²) in [6.45, 7) is 0. The molecule has 2 amide bonds. The maximum Gasteiger partial charge on any atom is 0.256 e. The van der Waals surface area contributed by atoms with Crippen LogP contribution in [0.15, 0.2) is 46.9 Å². The SMILES string of the molecule is COc1ccc(NC2CC(=O)N(c3ccc(Br)cc3)C2=O)c(OC)c1. The Balaban J connectivity index is 1.82. The van der Waals surface area contributed by atoms with Crippen LogP contribution in [0, 0.1) is 0 Å². The summed E-state index contributed by atoms with van der Waals surface area (Å²) in [7, 11) is 3.10. The molecule has 2 aromatic carbocycles. The molecule has 1 atom stereocenters. The van der Waals surface area contributed by atoms with Crippen molar-refractivity contribution in [2.75, 3.05) is 24.4 Å². The number of halogens is 1. The Labute approximate surface area is 153 Å². The lowest BCUT2D eigenvalue weighted by Crippen LogP contribution is -2.34. The summed E-state index contributed by atoms with van der Waals surface area (Å²) in [6.07, 6.45) is 0.0874. The Morgan fingerprint density at radius 2 is 1.80 bits per heavy atom. The molecule has 1 heterocycles. The highest BCUT2D eigenvalue weighted by molar-refractivity contribution is 9.10. The molecule has 0 aromatic heterocycles. The van der Waals surface area contributed by atoms with Gasteiger partial charge in [-0.05, 0) is 36.4 Å². The van der Waals surface area contributed by atoms with Crippen molar-refractivity contribution in [1.29, 1.82) is 0 Å². The Kier molecular flexibility index (Phi) is 4.94. The molecule has 1 N–H and O–H groups in total. The van der Waals surface area contributed by atoms with E-state index < -0.39 is 6.04 Å². The molecule has 1 unspecified atom stereocenters. The summed E-state index contributed by atoms with van der Waals surface area (Å²) in [4.78, 5) is 26.2. The summed E-state index contributed by atoms with van der Waals surface area (Å²) >= 11 is 3.34. The van der Waals surface area contributed by atoms with Gasteiger partial charge in [-0.1, -0.05) is 15.9 Å². The van der Waals surface area contributed by atoms with Crippen molar-refractivity contribution in [2.24, 2.45) is 0 Å². The lowest BCUT2D eigenvalue weighted by molar-refractivity contribution is -0.121. The van der Waals surface area contributed by atoms with E-state index in [2.05, 4.69) is 21.2 Å².